The van der Waals surface area contributed by atoms with Crippen LogP contribution in [-0.2, 0) is 9.53 Å². The zero-order chi connectivity index (χ0) is 14.6. The number of hydrogen-bond donors (Lipinski definition) is 1. The summed E-state index contributed by atoms with van der Waals surface area (Å²) in [4.78, 5) is 14.2. The second-order valence-corrected chi connectivity index (χ2v) is 7.16. The molecule has 0 spiro atoms. The molecule has 116 valence electrons. The number of rotatable bonds is 4. The summed E-state index contributed by atoms with van der Waals surface area (Å²) in [6.07, 6.45) is 6.99. The molecule has 0 radical (unpaired) electrons. The van der Waals surface area contributed by atoms with Crippen LogP contribution in [0.3, 0.4) is 0 Å². The molecule has 0 aromatic heterocycles. The van der Waals surface area contributed by atoms with Crippen molar-refractivity contribution in [3.8, 4) is 0 Å². The van der Waals surface area contributed by atoms with E-state index in [0.29, 0.717) is 11.5 Å². The van der Waals surface area contributed by atoms with Crippen LogP contribution in [0.5, 0.6) is 0 Å². The molecule has 1 aliphatic carbocycles. The van der Waals surface area contributed by atoms with Gasteiger partial charge in [0.1, 0.15) is 6.61 Å². The monoisotopic (exact) mass is 282 g/mol. The fourth-order valence-corrected chi connectivity index (χ4v) is 3.23. The van der Waals surface area contributed by atoms with E-state index in [0.717, 1.165) is 38.8 Å². The summed E-state index contributed by atoms with van der Waals surface area (Å²) in [5.41, 5.74) is 0.450. The summed E-state index contributed by atoms with van der Waals surface area (Å²) < 4.78 is 5.77. The molecule has 2 fully saturated rings. The van der Waals surface area contributed by atoms with Gasteiger partial charge in [-0.1, -0.05) is 13.8 Å². The van der Waals surface area contributed by atoms with Crippen molar-refractivity contribution in [1.29, 1.82) is 0 Å². The van der Waals surface area contributed by atoms with E-state index in [1.54, 1.807) is 0 Å². The first-order valence-electron chi connectivity index (χ1n) is 8.06. The molecule has 1 aliphatic heterocycles. The second kappa shape index (κ2) is 6.90. The van der Waals surface area contributed by atoms with Crippen LogP contribution < -0.4 is 5.32 Å². The number of likely N-dealkylation sites (N-methyl/N-ethyl adjacent to an activating group) is 1. The summed E-state index contributed by atoms with van der Waals surface area (Å²) in [5, 5.41) is 3.31. The summed E-state index contributed by atoms with van der Waals surface area (Å²) in [7, 11) is 1.94. The minimum Gasteiger partial charge on any atom is -0.368 e. The van der Waals surface area contributed by atoms with Crippen molar-refractivity contribution >= 4 is 5.91 Å². The highest BCUT2D eigenvalue weighted by Crippen LogP contribution is 2.36. The maximum Gasteiger partial charge on any atom is 0.248 e. The van der Waals surface area contributed by atoms with Crippen LogP contribution in [0, 0.1) is 5.41 Å². The molecular weight excluding hydrogens is 252 g/mol. The number of carbonyl (C=O) groups excluding carboxylic acids is 1. The van der Waals surface area contributed by atoms with E-state index in [1.807, 2.05) is 11.9 Å². The van der Waals surface area contributed by atoms with Crippen LogP contribution in [-0.4, -0.2) is 49.7 Å². The molecule has 0 bridgehead atoms. The average molecular weight is 282 g/mol. The van der Waals surface area contributed by atoms with Crippen LogP contribution in [0.25, 0.3) is 0 Å². The van der Waals surface area contributed by atoms with Crippen LogP contribution in [0.1, 0.15) is 52.4 Å². The topological polar surface area (TPSA) is 41.6 Å². The largest absolute Gasteiger partial charge is 0.368 e. The molecule has 0 atom stereocenters. The first kappa shape index (κ1) is 15.8. The lowest BCUT2D eigenvalue weighted by molar-refractivity contribution is -0.140. The Morgan fingerprint density at radius 3 is 2.40 bits per heavy atom. The van der Waals surface area contributed by atoms with Crippen molar-refractivity contribution in [1.82, 2.24) is 10.2 Å². The van der Waals surface area contributed by atoms with E-state index in [-0.39, 0.29) is 18.6 Å². The predicted octanol–water partition coefficient (Wildman–Crippen LogP) is 2.18. The van der Waals surface area contributed by atoms with E-state index in [4.69, 9.17) is 4.74 Å². The molecule has 0 unspecified atom stereocenters. The zero-order valence-corrected chi connectivity index (χ0v) is 13.3. The maximum atomic E-state index is 12.2. The van der Waals surface area contributed by atoms with Gasteiger partial charge in [-0.05, 0) is 57.0 Å². The van der Waals surface area contributed by atoms with Gasteiger partial charge in [0.2, 0.25) is 5.91 Å². The van der Waals surface area contributed by atoms with Gasteiger partial charge in [0.05, 0.1) is 6.10 Å². The SMILES string of the molecule is CN(C(=O)COC1CCNCC1)C1CCC(C)(C)CC1. The number of hydrogen-bond acceptors (Lipinski definition) is 3. The summed E-state index contributed by atoms with van der Waals surface area (Å²) in [6.45, 7) is 6.91. The Morgan fingerprint density at radius 1 is 1.20 bits per heavy atom. The molecule has 4 heteroatoms. The Balaban J connectivity index is 1.71. The van der Waals surface area contributed by atoms with Crippen LogP contribution in [0.15, 0.2) is 0 Å². The quantitative estimate of drug-likeness (QED) is 0.859. The Kier molecular flexibility index (Phi) is 5.44. The third kappa shape index (κ3) is 4.45. The van der Waals surface area contributed by atoms with E-state index in [2.05, 4.69) is 19.2 Å². The normalized spacial score (nSPS) is 24.6. The van der Waals surface area contributed by atoms with Crippen molar-refractivity contribution < 1.29 is 9.53 Å². The zero-order valence-electron chi connectivity index (χ0n) is 13.3. The van der Waals surface area contributed by atoms with Crippen molar-refractivity contribution in [2.45, 2.75) is 64.5 Å². The molecule has 20 heavy (non-hydrogen) atoms. The van der Waals surface area contributed by atoms with Crippen LogP contribution >= 0.6 is 0 Å². The molecular formula is C16H30N2O2. The molecule has 2 aliphatic rings. The fourth-order valence-electron chi connectivity index (χ4n) is 3.23. The predicted molar refractivity (Wildman–Crippen MR) is 80.7 cm³/mol. The summed E-state index contributed by atoms with van der Waals surface area (Å²) >= 11 is 0. The highest BCUT2D eigenvalue weighted by molar-refractivity contribution is 5.77. The molecule has 1 heterocycles. The van der Waals surface area contributed by atoms with Crippen molar-refractivity contribution in [2.24, 2.45) is 5.41 Å². The molecule has 2 rings (SSSR count). The van der Waals surface area contributed by atoms with Gasteiger partial charge in [0.25, 0.3) is 0 Å². The van der Waals surface area contributed by atoms with Crippen LogP contribution in [0.4, 0.5) is 0 Å². The minimum atomic E-state index is 0.147. The number of piperidine rings is 1. The third-order valence-corrected chi connectivity index (χ3v) is 4.98. The van der Waals surface area contributed by atoms with E-state index < -0.39 is 0 Å². The number of nitrogens with one attached hydrogen (secondary N) is 1. The van der Waals surface area contributed by atoms with Gasteiger partial charge in [-0.15, -0.1) is 0 Å². The molecule has 0 aromatic carbocycles. The average Bonchev–Trinajstić information content (AvgIpc) is 2.45. The van der Waals surface area contributed by atoms with Gasteiger partial charge in [-0.3, -0.25) is 4.79 Å². The highest BCUT2D eigenvalue weighted by Gasteiger charge is 2.30. The molecule has 1 saturated heterocycles. The first-order valence-corrected chi connectivity index (χ1v) is 8.06. The number of ether oxygens (including phenoxy) is 1. The number of carbonyl (C=O) groups is 1. The highest BCUT2D eigenvalue weighted by atomic mass is 16.5. The van der Waals surface area contributed by atoms with Crippen LogP contribution in [0.2, 0.25) is 0 Å². The van der Waals surface area contributed by atoms with E-state index in [9.17, 15) is 4.79 Å². The Hall–Kier alpha value is -0.610. The van der Waals surface area contributed by atoms with Gasteiger partial charge < -0.3 is 15.0 Å². The lowest BCUT2D eigenvalue weighted by atomic mass is 9.75. The lowest BCUT2D eigenvalue weighted by Crippen LogP contribution is -2.43. The molecule has 1 saturated carbocycles. The minimum absolute atomic E-state index is 0.147. The third-order valence-electron chi connectivity index (χ3n) is 4.98. The smallest absolute Gasteiger partial charge is 0.248 e. The molecule has 1 amide bonds. The number of amides is 1. The van der Waals surface area contributed by atoms with E-state index in [1.165, 1.54) is 12.8 Å². The van der Waals surface area contributed by atoms with Gasteiger partial charge in [0, 0.05) is 13.1 Å². The second-order valence-electron chi connectivity index (χ2n) is 7.16. The molecule has 4 nitrogen and oxygen atoms in total. The van der Waals surface area contributed by atoms with Crippen molar-refractivity contribution in [3.05, 3.63) is 0 Å². The standard InChI is InChI=1S/C16H30N2O2/c1-16(2)8-4-13(5-9-16)18(3)15(19)12-20-14-6-10-17-11-7-14/h13-14,17H,4-12H2,1-3H3. The van der Waals surface area contributed by atoms with Gasteiger partial charge in [0.15, 0.2) is 0 Å². The van der Waals surface area contributed by atoms with Gasteiger partial charge in [-0.2, -0.15) is 0 Å². The summed E-state index contributed by atoms with van der Waals surface area (Å²) in [6, 6.07) is 0.409. The molecule has 0 aromatic rings. The Morgan fingerprint density at radius 2 is 1.80 bits per heavy atom. The Bertz CT molecular complexity index is 314. The number of nitrogens with zero attached hydrogens (tertiary/aromatic N) is 1. The molecule has 1 N–H and O–H groups in total. The van der Waals surface area contributed by atoms with E-state index >= 15 is 0 Å². The maximum absolute atomic E-state index is 12.2. The van der Waals surface area contributed by atoms with Gasteiger partial charge in [-0.25, -0.2) is 0 Å². The Labute approximate surface area is 123 Å². The van der Waals surface area contributed by atoms with Crippen molar-refractivity contribution in [3.63, 3.8) is 0 Å². The van der Waals surface area contributed by atoms with Gasteiger partial charge >= 0.3 is 0 Å². The van der Waals surface area contributed by atoms with Crippen molar-refractivity contribution in [2.75, 3.05) is 26.7 Å². The first-order chi connectivity index (χ1) is 9.48. The summed E-state index contributed by atoms with van der Waals surface area (Å²) in [5.74, 6) is 0.147. The lowest BCUT2D eigenvalue weighted by Gasteiger charge is -2.38. The fraction of sp³-hybridized carbons (Fsp3) is 0.938.